The molecule has 1 saturated heterocycles. The lowest BCUT2D eigenvalue weighted by Crippen LogP contribution is -2.31. The maximum Gasteiger partial charge on any atom is 0.260 e. The van der Waals surface area contributed by atoms with E-state index in [1.165, 1.54) is 56.9 Å². The predicted molar refractivity (Wildman–Crippen MR) is 129 cm³/mol. The van der Waals surface area contributed by atoms with Crippen molar-refractivity contribution in [2.75, 3.05) is 18.0 Å². The maximum atomic E-state index is 13.7. The summed E-state index contributed by atoms with van der Waals surface area (Å²) < 4.78 is 41.4. The van der Waals surface area contributed by atoms with E-state index >= 15 is 0 Å². The smallest absolute Gasteiger partial charge is 0.260 e. The van der Waals surface area contributed by atoms with Gasteiger partial charge in [-0.3, -0.25) is 14.7 Å². The molecule has 0 unspecified atom stereocenters. The Labute approximate surface area is 200 Å². The molecule has 0 bridgehead atoms. The van der Waals surface area contributed by atoms with E-state index in [0.717, 1.165) is 12.8 Å². The Hall–Kier alpha value is -3.21. The van der Waals surface area contributed by atoms with E-state index < -0.39 is 10.0 Å². The van der Waals surface area contributed by atoms with Crippen molar-refractivity contribution in [3.8, 4) is 0 Å². The van der Waals surface area contributed by atoms with Crippen molar-refractivity contribution >= 4 is 42.6 Å². The number of halogens is 1. The molecule has 7 nitrogen and oxygen atoms in total. The van der Waals surface area contributed by atoms with Crippen LogP contribution in [0, 0.1) is 5.82 Å². The first-order chi connectivity index (χ1) is 16.4. The lowest BCUT2D eigenvalue weighted by molar-refractivity contribution is 0.0984. The van der Waals surface area contributed by atoms with Crippen LogP contribution in [-0.2, 0) is 16.6 Å². The summed E-state index contributed by atoms with van der Waals surface area (Å²) >= 11 is 1.21. The second kappa shape index (κ2) is 9.21. The third kappa shape index (κ3) is 4.44. The summed E-state index contributed by atoms with van der Waals surface area (Å²) in [6.45, 7) is 1.19. The largest absolute Gasteiger partial charge is 0.278 e. The number of aromatic nitrogens is 2. The van der Waals surface area contributed by atoms with E-state index in [9.17, 15) is 17.6 Å². The first-order valence-electron chi connectivity index (χ1n) is 10.8. The number of pyridine rings is 1. The van der Waals surface area contributed by atoms with Gasteiger partial charge in [-0.05, 0) is 67.4 Å². The molecule has 1 aliphatic heterocycles. The molecule has 0 radical (unpaired) electrons. The van der Waals surface area contributed by atoms with Crippen LogP contribution in [0.3, 0.4) is 0 Å². The number of hydrogen-bond acceptors (Lipinski definition) is 6. The van der Waals surface area contributed by atoms with Gasteiger partial charge >= 0.3 is 0 Å². The molecule has 2 aromatic carbocycles. The maximum absolute atomic E-state index is 13.7. The minimum absolute atomic E-state index is 0.163. The van der Waals surface area contributed by atoms with Gasteiger partial charge < -0.3 is 0 Å². The highest BCUT2D eigenvalue weighted by molar-refractivity contribution is 7.89. The Morgan fingerprint density at radius 2 is 1.82 bits per heavy atom. The van der Waals surface area contributed by atoms with Gasteiger partial charge in [0.15, 0.2) is 5.13 Å². The number of carbonyl (C=O) groups is 1. The van der Waals surface area contributed by atoms with Crippen LogP contribution < -0.4 is 4.90 Å². The molecule has 34 heavy (non-hydrogen) atoms. The first kappa shape index (κ1) is 22.6. The van der Waals surface area contributed by atoms with Gasteiger partial charge in [0, 0.05) is 24.8 Å². The first-order valence-corrected chi connectivity index (χ1v) is 13.1. The molecule has 1 fully saturated rings. The van der Waals surface area contributed by atoms with E-state index in [2.05, 4.69) is 9.97 Å². The summed E-state index contributed by atoms with van der Waals surface area (Å²) in [5, 5.41) is 0.407. The standard InChI is InChI=1S/C24H21FN4O3S2/c25-18-8-11-21-22(15-18)33-24(27-21)29(16-19-5-1-2-12-26-19)23(30)17-6-9-20(10-7-17)34(31,32)28-13-3-4-14-28/h1-2,5-12,15H,3-4,13-14,16H2. The van der Waals surface area contributed by atoms with Gasteiger partial charge in [0.25, 0.3) is 5.91 Å². The molecule has 0 spiro atoms. The highest BCUT2D eigenvalue weighted by Gasteiger charge is 2.28. The zero-order valence-corrected chi connectivity index (χ0v) is 19.7. The minimum Gasteiger partial charge on any atom is -0.278 e. The Morgan fingerprint density at radius 1 is 1.06 bits per heavy atom. The van der Waals surface area contributed by atoms with Gasteiger partial charge in [-0.1, -0.05) is 17.4 Å². The number of carbonyl (C=O) groups excluding carboxylic acids is 1. The number of nitrogens with zero attached hydrogens (tertiary/aromatic N) is 4. The molecule has 1 aliphatic rings. The van der Waals surface area contributed by atoms with E-state index in [1.54, 1.807) is 24.4 Å². The molecule has 3 heterocycles. The molecule has 0 aliphatic carbocycles. The van der Waals surface area contributed by atoms with E-state index in [4.69, 9.17) is 0 Å². The monoisotopic (exact) mass is 496 g/mol. The van der Waals surface area contributed by atoms with Crippen LogP contribution in [0.25, 0.3) is 10.2 Å². The molecular formula is C24H21FN4O3S2. The van der Waals surface area contributed by atoms with Crippen molar-refractivity contribution < 1.29 is 17.6 Å². The van der Waals surface area contributed by atoms with Crippen LogP contribution in [0.2, 0.25) is 0 Å². The fraction of sp³-hybridized carbons (Fsp3) is 0.208. The van der Waals surface area contributed by atoms with Crippen LogP contribution in [0.15, 0.2) is 71.8 Å². The van der Waals surface area contributed by atoms with Crippen molar-refractivity contribution in [2.24, 2.45) is 0 Å². The molecule has 0 atom stereocenters. The summed E-state index contributed by atoms with van der Waals surface area (Å²) in [7, 11) is -3.57. The zero-order chi connectivity index (χ0) is 23.7. The Kier molecular flexibility index (Phi) is 6.11. The normalized spacial score (nSPS) is 14.5. The van der Waals surface area contributed by atoms with Gasteiger partial charge in [-0.2, -0.15) is 4.31 Å². The number of thiazole rings is 1. The molecule has 0 N–H and O–H groups in total. The number of hydrogen-bond donors (Lipinski definition) is 0. The molecule has 4 aromatic rings. The van der Waals surface area contributed by atoms with Crippen LogP contribution in [-0.4, -0.2) is 41.7 Å². The molecule has 10 heteroatoms. The molecule has 0 saturated carbocycles. The fourth-order valence-corrected chi connectivity index (χ4v) is 6.39. The Morgan fingerprint density at radius 3 is 2.53 bits per heavy atom. The highest BCUT2D eigenvalue weighted by Crippen LogP contribution is 2.31. The molecule has 5 rings (SSSR count). The SMILES string of the molecule is O=C(c1ccc(S(=O)(=O)N2CCCC2)cc1)N(Cc1ccccn1)c1nc2ccc(F)cc2s1. The average Bonchev–Trinajstić information content (AvgIpc) is 3.53. The lowest BCUT2D eigenvalue weighted by atomic mass is 10.2. The second-order valence-corrected chi connectivity index (χ2v) is 10.9. The van der Waals surface area contributed by atoms with Crippen LogP contribution in [0.1, 0.15) is 28.9 Å². The zero-order valence-electron chi connectivity index (χ0n) is 18.1. The van der Waals surface area contributed by atoms with Gasteiger partial charge in [0.05, 0.1) is 27.4 Å². The van der Waals surface area contributed by atoms with Crippen molar-refractivity contribution in [3.63, 3.8) is 0 Å². The summed E-state index contributed by atoms with van der Waals surface area (Å²) in [5.41, 5.74) is 1.57. The van der Waals surface area contributed by atoms with E-state index in [-0.39, 0.29) is 23.2 Å². The van der Waals surface area contributed by atoms with Crippen molar-refractivity contribution in [2.45, 2.75) is 24.3 Å². The molecule has 1 amide bonds. The summed E-state index contributed by atoms with van der Waals surface area (Å²) in [6.07, 6.45) is 3.35. The van der Waals surface area contributed by atoms with E-state index in [0.29, 0.717) is 39.7 Å². The van der Waals surface area contributed by atoms with Gasteiger partial charge in [-0.25, -0.2) is 17.8 Å². The van der Waals surface area contributed by atoms with Crippen LogP contribution in [0.4, 0.5) is 9.52 Å². The summed E-state index contributed by atoms with van der Waals surface area (Å²) in [6, 6.07) is 15.7. The minimum atomic E-state index is -3.57. The number of rotatable bonds is 6. The third-order valence-electron chi connectivity index (χ3n) is 5.67. The number of benzene rings is 2. The van der Waals surface area contributed by atoms with Crippen LogP contribution >= 0.6 is 11.3 Å². The molecule has 2 aromatic heterocycles. The highest BCUT2D eigenvalue weighted by atomic mass is 32.2. The van der Waals surface area contributed by atoms with Crippen molar-refractivity contribution in [1.29, 1.82) is 0 Å². The van der Waals surface area contributed by atoms with Crippen molar-refractivity contribution in [3.05, 3.63) is 83.9 Å². The van der Waals surface area contributed by atoms with Gasteiger partial charge in [-0.15, -0.1) is 0 Å². The Balaban J connectivity index is 1.48. The number of amides is 1. The average molecular weight is 497 g/mol. The predicted octanol–water partition coefficient (Wildman–Crippen LogP) is 4.46. The number of fused-ring (bicyclic) bond motifs is 1. The summed E-state index contributed by atoms with van der Waals surface area (Å²) in [4.78, 5) is 24.0. The second-order valence-electron chi connectivity index (χ2n) is 7.96. The molecular weight excluding hydrogens is 475 g/mol. The van der Waals surface area contributed by atoms with Crippen molar-refractivity contribution in [1.82, 2.24) is 14.3 Å². The van der Waals surface area contributed by atoms with Gasteiger partial charge in [0.2, 0.25) is 10.0 Å². The fourth-order valence-electron chi connectivity index (χ4n) is 3.88. The lowest BCUT2D eigenvalue weighted by Gasteiger charge is -2.20. The summed E-state index contributed by atoms with van der Waals surface area (Å²) in [5.74, 6) is -0.726. The number of anilines is 1. The topological polar surface area (TPSA) is 83.5 Å². The quantitative estimate of drug-likeness (QED) is 0.394. The molecule has 174 valence electrons. The van der Waals surface area contributed by atoms with E-state index in [1.807, 2.05) is 6.07 Å². The Bertz CT molecular complexity index is 1430. The number of sulfonamides is 1. The van der Waals surface area contributed by atoms with Gasteiger partial charge in [0.1, 0.15) is 5.82 Å². The van der Waals surface area contributed by atoms with Crippen LogP contribution in [0.5, 0.6) is 0 Å². The third-order valence-corrected chi connectivity index (χ3v) is 8.62.